The van der Waals surface area contributed by atoms with E-state index in [0.29, 0.717) is 26.1 Å². The summed E-state index contributed by atoms with van der Waals surface area (Å²) in [6.07, 6.45) is 0.694. The Kier molecular flexibility index (Phi) is 7.96. The van der Waals surface area contributed by atoms with Crippen LogP contribution in [0.1, 0.15) is 19.3 Å². The van der Waals surface area contributed by atoms with E-state index >= 15 is 0 Å². The average Bonchev–Trinajstić information content (AvgIpc) is 2.12. The molecular weight excluding hydrogens is 276 g/mol. The third kappa shape index (κ3) is 13.9. The van der Waals surface area contributed by atoms with Gasteiger partial charge >= 0.3 is 0 Å². The number of Topliss-reactive ketones (excluding diaryl/α,β-unsaturated/α-hetero) is 2. The monoisotopic (exact) mass is 304 g/mol. The van der Waals surface area contributed by atoms with Gasteiger partial charge in [0.2, 0.25) is 0 Å². The molecule has 0 radical (unpaired) electrons. The molecular formula is C13H28O4Si2. The third-order valence-electron chi connectivity index (χ3n) is 2.23. The zero-order valence-electron chi connectivity index (χ0n) is 13.2. The van der Waals surface area contributed by atoms with Gasteiger partial charge in [-0.05, 0) is 39.3 Å². The zero-order chi connectivity index (χ0) is 15.1. The summed E-state index contributed by atoms with van der Waals surface area (Å²) in [5.74, 6) is -0.0625. The lowest BCUT2D eigenvalue weighted by molar-refractivity contribution is -0.127. The molecule has 0 atom stereocenters. The van der Waals surface area contributed by atoms with Crippen molar-refractivity contribution in [3.05, 3.63) is 0 Å². The van der Waals surface area contributed by atoms with E-state index in [2.05, 4.69) is 39.3 Å². The summed E-state index contributed by atoms with van der Waals surface area (Å²) < 4.78 is 11.2. The van der Waals surface area contributed by atoms with E-state index < -0.39 is 16.6 Å². The van der Waals surface area contributed by atoms with Gasteiger partial charge in [-0.3, -0.25) is 9.59 Å². The van der Waals surface area contributed by atoms with Gasteiger partial charge in [0, 0.05) is 26.1 Å². The number of ketones is 2. The molecule has 0 fully saturated rings. The van der Waals surface area contributed by atoms with Gasteiger partial charge in [0.15, 0.2) is 16.6 Å². The van der Waals surface area contributed by atoms with E-state index in [9.17, 15) is 9.59 Å². The van der Waals surface area contributed by atoms with E-state index in [4.69, 9.17) is 8.85 Å². The molecule has 0 aliphatic rings. The van der Waals surface area contributed by atoms with Gasteiger partial charge in [-0.25, -0.2) is 0 Å². The van der Waals surface area contributed by atoms with Crippen molar-refractivity contribution in [2.75, 3.05) is 13.2 Å². The van der Waals surface area contributed by atoms with Crippen molar-refractivity contribution < 1.29 is 18.4 Å². The summed E-state index contributed by atoms with van der Waals surface area (Å²) in [6.45, 7) is 13.4. The molecule has 0 amide bonds. The highest BCUT2D eigenvalue weighted by molar-refractivity contribution is 6.70. The Morgan fingerprint density at radius 3 is 1.32 bits per heavy atom. The molecule has 0 aliphatic heterocycles. The Hall–Kier alpha value is -0.306. The highest BCUT2D eigenvalue weighted by Crippen LogP contribution is 2.06. The maximum absolute atomic E-state index is 11.6. The Labute approximate surface area is 119 Å². The van der Waals surface area contributed by atoms with Crippen LogP contribution in [0.3, 0.4) is 0 Å². The van der Waals surface area contributed by atoms with Gasteiger partial charge in [-0.1, -0.05) is 0 Å². The first-order valence-electron chi connectivity index (χ1n) is 6.81. The SMILES string of the molecule is C[Si](C)(C)OCCC(=O)CC(=O)CCO[Si](C)(C)C. The van der Waals surface area contributed by atoms with Gasteiger partial charge in [0.1, 0.15) is 11.6 Å². The first kappa shape index (κ1) is 18.7. The van der Waals surface area contributed by atoms with Crippen LogP contribution in [0.5, 0.6) is 0 Å². The smallest absolute Gasteiger partial charge is 0.183 e. The minimum atomic E-state index is -1.56. The molecule has 6 heteroatoms. The number of carbonyl (C=O) groups excluding carboxylic acids is 2. The molecule has 0 rings (SSSR count). The molecule has 4 nitrogen and oxygen atoms in total. The average molecular weight is 305 g/mol. The maximum atomic E-state index is 11.6. The van der Waals surface area contributed by atoms with Crippen molar-refractivity contribution in [1.82, 2.24) is 0 Å². The van der Waals surface area contributed by atoms with E-state index in [1.54, 1.807) is 0 Å². The Morgan fingerprint density at radius 1 is 0.737 bits per heavy atom. The van der Waals surface area contributed by atoms with Crippen LogP contribution in [0.4, 0.5) is 0 Å². The van der Waals surface area contributed by atoms with Crippen molar-refractivity contribution in [3.8, 4) is 0 Å². The van der Waals surface area contributed by atoms with E-state index in [1.807, 2.05) is 0 Å². The summed E-state index contributed by atoms with van der Waals surface area (Å²) in [6, 6.07) is 0. The maximum Gasteiger partial charge on any atom is 0.183 e. The van der Waals surface area contributed by atoms with Crippen LogP contribution in [0, 0.1) is 0 Å². The van der Waals surface area contributed by atoms with Gasteiger partial charge in [-0.15, -0.1) is 0 Å². The lowest BCUT2D eigenvalue weighted by Crippen LogP contribution is -2.27. The molecule has 0 spiro atoms. The molecule has 19 heavy (non-hydrogen) atoms. The molecule has 0 saturated carbocycles. The minimum Gasteiger partial charge on any atom is -0.417 e. The fourth-order valence-electron chi connectivity index (χ4n) is 1.34. The van der Waals surface area contributed by atoms with Crippen molar-refractivity contribution in [3.63, 3.8) is 0 Å². The summed E-state index contributed by atoms with van der Waals surface area (Å²) >= 11 is 0. The standard InChI is InChI=1S/C13H28O4Si2/c1-18(2,3)16-9-7-12(14)11-13(15)8-10-17-19(4,5)6/h7-11H2,1-6H3. The lowest BCUT2D eigenvalue weighted by Gasteiger charge is -2.17. The largest absolute Gasteiger partial charge is 0.417 e. The molecule has 0 heterocycles. The first-order chi connectivity index (χ1) is 8.49. The molecule has 0 unspecified atom stereocenters. The predicted octanol–water partition coefficient (Wildman–Crippen LogP) is 3.00. The van der Waals surface area contributed by atoms with Gasteiger partial charge < -0.3 is 8.85 Å². The van der Waals surface area contributed by atoms with E-state index in [-0.39, 0.29) is 18.0 Å². The van der Waals surface area contributed by atoms with E-state index in [1.165, 1.54) is 0 Å². The van der Waals surface area contributed by atoms with Crippen LogP contribution in [0.15, 0.2) is 0 Å². The third-order valence-corrected chi connectivity index (χ3v) is 4.37. The van der Waals surface area contributed by atoms with Crippen LogP contribution >= 0.6 is 0 Å². The summed E-state index contributed by atoms with van der Waals surface area (Å²) in [5.41, 5.74) is 0. The summed E-state index contributed by atoms with van der Waals surface area (Å²) in [5, 5.41) is 0. The molecule has 0 bridgehead atoms. The molecule has 0 aromatic heterocycles. The van der Waals surface area contributed by atoms with Crippen molar-refractivity contribution in [1.29, 1.82) is 0 Å². The number of hydrogen-bond acceptors (Lipinski definition) is 4. The topological polar surface area (TPSA) is 52.6 Å². The normalized spacial score (nSPS) is 12.5. The number of hydrogen-bond donors (Lipinski definition) is 0. The highest BCUT2D eigenvalue weighted by Gasteiger charge is 2.17. The Morgan fingerprint density at radius 2 is 1.05 bits per heavy atom. The first-order valence-corrected chi connectivity index (χ1v) is 13.6. The number of rotatable bonds is 10. The number of carbonyl (C=O) groups is 2. The van der Waals surface area contributed by atoms with Gasteiger partial charge in [0.05, 0.1) is 6.42 Å². The minimum absolute atomic E-state index is 0.0180. The predicted molar refractivity (Wildman–Crippen MR) is 82.5 cm³/mol. The molecule has 0 saturated heterocycles. The van der Waals surface area contributed by atoms with Crippen LogP contribution < -0.4 is 0 Å². The van der Waals surface area contributed by atoms with Gasteiger partial charge in [0.25, 0.3) is 0 Å². The second-order valence-electron chi connectivity index (χ2n) is 6.68. The molecule has 0 aromatic rings. The lowest BCUT2D eigenvalue weighted by atomic mass is 10.1. The molecule has 0 aliphatic carbocycles. The summed E-state index contributed by atoms with van der Waals surface area (Å²) in [7, 11) is -3.12. The quantitative estimate of drug-likeness (QED) is 0.460. The van der Waals surface area contributed by atoms with Crippen LogP contribution in [0.2, 0.25) is 39.3 Å². The van der Waals surface area contributed by atoms with Crippen molar-refractivity contribution in [2.24, 2.45) is 0 Å². The van der Waals surface area contributed by atoms with Crippen LogP contribution in [-0.4, -0.2) is 41.4 Å². The summed E-state index contributed by atoms with van der Waals surface area (Å²) in [4.78, 5) is 23.2. The van der Waals surface area contributed by atoms with E-state index in [0.717, 1.165) is 0 Å². The second-order valence-corrected chi connectivity index (χ2v) is 15.7. The van der Waals surface area contributed by atoms with Crippen molar-refractivity contribution >= 4 is 28.2 Å². The molecule has 112 valence electrons. The Bertz CT molecular complexity index is 273. The molecule has 0 aromatic carbocycles. The van der Waals surface area contributed by atoms with Gasteiger partial charge in [-0.2, -0.15) is 0 Å². The van der Waals surface area contributed by atoms with Crippen molar-refractivity contribution in [2.45, 2.75) is 58.5 Å². The zero-order valence-corrected chi connectivity index (χ0v) is 15.2. The second kappa shape index (κ2) is 8.09. The fourth-order valence-corrected chi connectivity index (χ4v) is 2.77. The Balaban J connectivity index is 3.73. The fraction of sp³-hybridized carbons (Fsp3) is 0.846. The molecule has 0 N–H and O–H groups in total. The van der Waals surface area contributed by atoms with Crippen LogP contribution in [-0.2, 0) is 18.4 Å². The van der Waals surface area contributed by atoms with Crippen LogP contribution in [0.25, 0.3) is 0 Å². The highest BCUT2D eigenvalue weighted by atomic mass is 28.4.